The monoisotopic (exact) mass is 339 g/mol. The van der Waals surface area contributed by atoms with E-state index in [-0.39, 0.29) is 17.7 Å². The van der Waals surface area contributed by atoms with Gasteiger partial charge in [0, 0.05) is 29.3 Å². The zero-order chi connectivity index (χ0) is 17.8. The van der Waals surface area contributed by atoms with Crippen molar-refractivity contribution < 1.29 is 14.3 Å². The molecule has 4 heteroatoms. The standard InChI is InChI=1S/C21H25NO3/c1-3-4-13-25-21(24)18-14(2)22-16-11-8-12-17(23)20(16)19(18)15-9-6-5-7-10-15/h5-7,9-10,19,22H,3-4,8,11-13H2,1-2H3/t19-/m1/s1. The third kappa shape index (κ3) is 3.53. The lowest BCUT2D eigenvalue weighted by atomic mass is 9.75. The molecule has 3 rings (SSSR count). The van der Waals surface area contributed by atoms with Crippen molar-refractivity contribution in [3.05, 3.63) is 58.4 Å². The SMILES string of the molecule is CCCCOC(=O)C1=C(C)NC2=C(C(=O)CCC2)[C@@H]1c1ccccc1. The smallest absolute Gasteiger partial charge is 0.336 e. The van der Waals surface area contributed by atoms with Crippen molar-refractivity contribution in [3.8, 4) is 0 Å². The Morgan fingerprint density at radius 2 is 2.00 bits per heavy atom. The number of esters is 1. The number of benzene rings is 1. The van der Waals surface area contributed by atoms with E-state index in [1.807, 2.05) is 37.3 Å². The van der Waals surface area contributed by atoms with E-state index in [9.17, 15) is 9.59 Å². The van der Waals surface area contributed by atoms with Gasteiger partial charge in [-0.3, -0.25) is 4.79 Å². The number of rotatable bonds is 5. The van der Waals surface area contributed by atoms with Crippen LogP contribution in [0.2, 0.25) is 0 Å². The van der Waals surface area contributed by atoms with Crippen LogP contribution in [-0.2, 0) is 14.3 Å². The topological polar surface area (TPSA) is 55.4 Å². The summed E-state index contributed by atoms with van der Waals surface area (Å²) in [7, 11) is 0. The molecule has 0 radical (unpaired) electrons. The lowest BCUT2D eigenvalue weighted by Crippen LogP contribution is -2.34. The normalized spacial score (nSPS) is 20.2. The Morgan fingerprint density at radius 1 is 1.24 bits per heavy atom. The van der Waals surface area contributed by atoms with Crippen LogP contribution in [0, 0.1) is 0 Å². The molecule has 1 aliphatic heterocycles. The number of ether oxygens (including phenoxy) is 1. The summed E-state index contributed by atoms with van der Waals surface area (Å²) in [5.74, 6) is -0.523. The van der Waals surface area contributed by atoms with E-state index in [1.165, 1.54) is 0 Å². The highest BCUT2D eigenvalue weighted by Gasteiger charge is 2.38. The van der Waals surface area contributed by atoms with Crippen molar-refractivity contribution in [1.29, 1.82) is 0 Å². The van der Waals surface area contributed by atoms with Gasteiger partial charge >= 0.3 is 5.97 Å². The van der Waals surface area contributed by atoms with Gasteiger partial charge in [0.2, 0.25) is 0 Å². The van der Waals surface area contributed by atoms with Crippen LogP contribution >= 0.6 is 0 Å². The molecule has 1 atom stereocenters. The first-order valence-electron chi connectivity index (χ1n) is 9.09. The van der Waals surface area contributed by atoms with Crippen molar-refractivity contribution in [2.24, 2.45) is 0 Å². The summed E-state index contributed by atoms with van der Waals surface area (Å²) in [6.07, 6.45) is 4.06. The first-order chi connectivity index (χ1) is 12.1. The minimum Gasteiger partial charge on any atom is -0.462 e. The predicted molar refractivity (Wildman–Crippen MR) is 96.8 cm³/mol. The zero-order valence-corrected chi connectivity index (χ0v) is 14.9. The molecule has 0 saturated heterocycles. The largest absolute Gasteiger partial charge is 0.462 e. The Morgan fingerprint density at radius 3 is 2.72 bits per heavy atom. The molecule has 2 aliphatic rings. The van der Waals surface area contributed by atoms with E-state index in [0.717, 1.165) is 48.2 Å². The van der Waals surface area contributed by atoms with E-state index in [2.05, 4.69) is 12.2 Å². The number of allylic oxidation sites excluding steroid dienone is 3. The Hall–Kier alpha value is -2.36. The molecule has 0 bridgehead atoms. The number of carbonyl (C=O) groups is 2. The highest BCUT2D eigenvalue weighted by atomic mass is 16.5. The Balaban J connectivity index is 2.02. The van der Waals surface area contributed by atoms with Crippen LogP contribution in [0.4, 0.5) is 0 Å². The molecule has 0 unspecified atom stereocenters. The quantitative estimate of drug-likeness (QED) is 0.651. The fourth-order valence-corrected chi connectivity index (χ4v) is 3.62. The van der Waals surface area contributed by atoms with Crippen molar-refractivity contribution in [2.45, 2.75) is 51.9 Å². The van der Waals surface area contributed by atoms with Crippen LogP contribution in [0.3, 0.4) is 0 Å². The summed E-state index contributed by atoms with van der Waals surface area (Å²) in [4.78, 5) is 25.5. The fraction of sp³-hybridized carbons (Fsp3) is 0.429. The van der Waals surface area contributed by atoms with Crippen LogP contribution in [-0.4, -0.2) is 18.4 Å². The predicted octanol–water partition coefficient (Wildman–Crippen LogP) is 4.00. The molecule has 1 aliphatic carbocycles. The van der Waals surface area contributed by atoms with Gasteiger partial charge in [0.05, 0.1) is 12.2 Å². The minimum absolute atomic E-state index is 0.133. The highest BCUT2D eigenvalue weighted by Crippen LogP contribution is 2.42. The molecule has 25 heavy (non-hydrogen) atoms. The summed E-state index contributed by atoms with van der Waals surface area (Å²) in [5.41, 5.74) is 4.03. The fourth-order valence-electron chi connectivity index (χ4n) is 3.62. The van der Waals surface area contributed by atoms with Gasteiger partial charge in [-0.1, -0.05) is 43.7 Å². The van der Waals surface area contributed by atoms with Crippen molar-refractivity contribution >= 4 is 11.8 Å². The summed E-state index contributed by atoms with van der Waals surface area (Å²) >= 11 is 0. The number of nitrogens with one attached hydrogen (secondary N) is 1. The number of carbonyl (C=O) groups excluding carboxylic acids is 2. The van der Waals surface area contributed by atoms with Crippen LogP contribution < -0.4 is 5.32 Å². The van der Waals surface area contributed by atoms with Crippen molar-refractivity contribution in [1.82, 2.24) is 5.32 Å². The van der Waals surface area contributed by atoms with Gasteiger partial charge in [0.15, 0.2) is 5.78 Å². The molecule has 1 N–H and O–H groups in total. The first kappa shape index (κ1) is 17.5. The maximum atomic E-state index is 12.8. The van der Waals surface area contributed by atoms with Crippen molar-refractivity contribution in [2.75, 3.05) is 6.61 Å². The minimum atomic E-state index is -0.334. The number of unbranched alkanes of at least 4 members (excludes halogenated alkanes) is 1. The van der Waals surface area contributed by atoms with Crippen LogP contribution in [0.25, 0.3) is 0 Å². The molecule has 0 fully saturated rings. The van der Waals surface area contributed by atoms with Crippen LogP contribution in [0.1, 0.15) is 57.4 Å². The number of hydrogen-bond donors (Lipinski definition) is 1. The summed E-state index contributed by atoms with van der Waals surface area (Å²) in [6.45, 7) is 4.37. The summed E-state index contributed by atoms with van der Waals surface area (Å²) in [5, 5.41) is 3.31. The molecular weight excluding hydrogens is 314 g/mol. The lowest BCUT2D eigenvalue weighted by Gasteiger charge is -2.34. The van der Waals surface area contributed by atoms with Crippen LogP contribution in [0.5, 0.6) is 0 Å². The van der Waals surface area contributed by atoms with Gasteiger partial charge in [-0.25, -0.2) is 4.79 Å². The molecule has 0 spiro atoms. The maximum absolute atomic E-state index is 12.8. The molecular formula is C21H25NO3. The second-order valence-corrected chi connectivity index (χ2v) is 6.67. The molecule has 0 saturated carbocycles. The van der Waals surface area contributed by atoms with Gasteiger partial charge in [0.25, 0.3) is 0 Å². The van der Waals surface area contributed by atoms with Gasteiger partial charge in [-0.15, -0.1) is 0 Å². The van der Waals surface area contributed by atoms with E-state index in [4.69, 9.17) is 4.74 Å². The van der Waals surface area contributed by atoms with Gasteiger partial charge in [-0.05, 0) is 31.7 Å². The molecule has 132 valence electrons. The molecule has 0 aromatic heterocycles. The Labute approximate surface area is 149 Å². The number of Topliss-reactive ketones (excluding diaryl/α,β-unsaturated/α-hetero) is 1. The Kier molecular flexibility index (Phi) is 5.37. The van der Waals surface area contributed by atoms with Crippen molar-refractivity contribution in [3.63, 3.8) is 0 Å². The Bertz CT molecular complexity index is 731. The van der Waals surface area contributed by atoms with Gasteiger partial charge in [-0.2, -0.15) is 0 Å². The average Bonchev–Trinajstić information content (AvgIpc) is 2.61. The summed E-state index contributed by atoms with van der Waals surface area (Å²) < 4.78 is 5.49. The number of ketones is 1. The molecule has 1 aromatic carbocycles. The second kappa shape index (κ2) is 7.68. The zero-order valence-electron chi connectivity index (χ0n) is 14.9. The number of hydrogen-bond acceptors (Lipinski definition) is 4. The summed E-state index contributed by atoms with van der Waals surface area (Å²) in [6, 6.07) is 9.79. The maximum Gasteiger partial charge on any atom is 0.336 e. The lowest BCUT2D eigenvalue weighted by molar-refractivity contribution is -0.139. The molecule has 1 aromatic rings. The van der Waals surface area contributed by atoms with E-state index in [1.54, 1.807) is 0 Å². The third-order valence-corrected chi connectivity index (χ3v) is 4.86. The van der Waals surface area contributed by atoms with Gasteiger partial charge < -0.3 is 10.1 Å². The second-order valence-electron chi connectivity index (χ2n) is 6.67. The van der Waals surface area contributed by atoms with Gasteiger partial charge in [0.1, 0.15) is 0 Å². The van der Waals surface area contributed by atoms with E-state index < -0.39 is 0 Å². The average molecular weight is 339 g/mol. The highest BCUT2D eigenvalue weighted by molar-refractivity contribution is 6.03. The van der Waals surface area contributed by atoms with E-state index in [0.29, 0.717) is 18.6 Å². The third-order valence-electron chi connectivity index (χ3n) is 4.86. The molecule has 4 nitrogen and oxygen atoms in total. The molecule has 1 heterocycles. The first-order valence-corrected chi connectivity index (χ1v) is 9.09. The molecule has 0 amide bonds. The van der Waals surface area contributed by atoms with Crippen LogP contribution in [0.15, 0.2) is 52.9 Å². The van der Waals surface area contributed by atoms with E-state index >= 15 is 0 Å². The number of dihydropyridines is 1.